The van der Waals surface area contributed by atoms with Gasteiger partial charge in [0, 0.05) is 22.7 Å². The van der Waals surface area contributed by atoms with Gasteiger partial charge < -0.3 is 9.80 Å². The lowest BCUT2D eigenvalue weighted by Crippen LogP contribution is -2.14. The minimum absolute atomic E-state index is 1.13. The first-order chi connectivity index (χ1) is 26.0. The Hall–Kier alpha value is -5.08. The largest absolute Gasteiger partial charge is 0.310 e. The molecule has 6 rings (SSSR count). The quantitative estimate of drug-likeness (QED) is 0.118. The molecule has 0 unspecified atom stereocenters. The molecule has 0 N–H and O–H groups in total. The van der Waals surface area contributed by atoms with Crippen LogP contribution in [0.4, 0.5) is 34.1 Å². The third kappa shape index (κ3) is 8.34. The molecule has 54 heavy (non-hydrogen) atoms. The van der Waals surface area contributed by atoms with E-state index in [4.69, 9.17) is 0 Å². The van der Waals surface area contributed by atoms with Crippen molar-refractivity contribution in [1.82, 2.24) is 0 Å². The summed E-state index contributed by atoms with van der Waals surface area (Å²) in [5.74, 6) is 0. The molecule has 0 amide bonds. The molecular weight excluding hydrogens is 653 g/mol. The number of anilines is 6. The van der Waals surface area contributed by atoms with Gasteiger partial charge in [-0.05, 0) is 185 Å². The SMILES string of the molecule is CCCCc1cc(C)c(N(c2ccc(C)cc2)c2ccc(-c3ccc(N(c4ccc(C)cc4)c4c(C)cc(CCCC)cc4C)cc3C)c(C)c2)c(C)c1. The molecule has 0 fully saturated rings. The monoisotopic (exact) mass is 712 g/mol. The Kier molecular flexibility index (Phi) is 12.1. The van der Waals surface area contributed by atoms with Gasteiger partial charge in [-0.2, -0.15) is 0 Å². The summed E-state index contributed by atoms with van der Waals surface area (Å²) in [4.78, 5) is 4.91. The molecule has 0 aliphatic heterocycles. The minimum atomic E-state index is 1.13. The van der Waals surface area contributed by atoms with E-state index in [2.05, 4.69) is 188 Å². The molecule has 0 aliphatic rings. The molecule has 278 valence electrons. The summed E-state index contributed by atoms with van der Waals surface area (Å²) < 4.78 is 0. The maximum absolute atomic E-state index is 2.46. The van der Waals surface area contributed by atoms with Gasteiger partial charge in [-0.3, -0.25) is 0 Å². The van der Waals surface area contributed by atoms with E-state index in [1.165, 1.54) is 127 Å². The highest BCUT2D eigenvalue weighted by molar-refractivity contribution is 5.85. The van der Waals surface area contributed by atoms with Crippen LogP contribution in [0, 0.1) is 55.4 Å². The van der Waals surface area contributed by atoms with Crippen LogP contribution in [0.15, 0.2) is 109 Å². The van der Waals surface area contributed by atoms with Gasteiger partial charge in [0.1, 0.15) is 0 Å². The van der Waals surface area contributed by atoms with E-state index >= 15 is 0 Å². The summed E-state index contributed by atoms with van der Waals surface area (Å²) >= 11 is 0. The van der Waals surface area contributed by atoms with Gasteiger partial charge >= 0.3 is 0 Å². The Morgan fingerprint density at radius 2 is 0.667 bits per heavy atom. The predicted molar refractivity (Wildman–Crippen MR) is 236 cm³/mol. The van der Waals surface area contributed by atoms with Crippen molar-refractivity contribution >= 4 is 34.1 Å². The van der Waals surface area contributed by atoms with Crippen LogP contribution in [0.5, 0.6) is 0 Å². The first kappa shape index (κ1) is 38.6. The van der Waals surface area contributed by atoms with Crippen molar-refractivity contribution in [2.45, 2.75) is 108 Å². The molecule has 0 atom stereocenters. The van der Waals surface area contributed by atoms with Gasteiger partial charge in [0.2, 0.25) is 0 Å². The summed E-state index contributed by atoms with van der Waals surface area (Å²) in [5, 5.41) is 0. The van der Waals surface area contributed by atoms with E-state index < -0.39 is 0 Å². The minimum Gasteiger partial charge on any atom is -0.310 e. The number of aryl methyl sites for hydroxylation is 10. The van der Waals surface area contributed by atoms with Crippen LogP contribution in [0.25, 0.3) is 11.1 Å². The summed E-state index contributed by atoms with van der Waals surface area (Å²) in [7, 11) is 0. The van der Waals surface area contributed by atoms with Gasteiger partial charge in [0.25, 0.3) is 0 Å². The van der Waals surface area contributed by atoms with Crippen molar-refractivity contribution in [2.75, 3.05) is 9.80 Å². The van der Waals surface area contributed by atoms with Crippen LogP contribution in [0.2, 0.25) is 0 Å². The number of rotatable bonds is 13. The van der Waals surface area contributed by atoms with Gasteiger partial charge in [0.15, 0.2) is 0 Å². The Labute approximate surface area is 326 Å². The first-order valence-electron chi connectivity index (χ1n) is 20.1. The van der Waals surface area contributed by atoms with Crippen LogP contribution >= 0.6 is 0 Å². The van der Waals surface area contributed by atoms with Crippen LogP contribution < -0.4 is 9.80 Å². The zero-order chi connectivity index (χ0) is 38.5. The molecule has 0 spiro atoms. The lowest BCUT2D eigenvalue weighted by Gasteiger charge is -2.30. The van der Waals surface area contributed by atoms with Crippen LogP contribution in [-0.2, 0) is 12.8 Å². The van der Waals surface area contributed by atoms with E-state index in [1.54, 1.807) is 0 Å². The van der Waals surface area contributed by atoms with Crippen molar-refractivity contribution in [2.24, 2.45) is 0 Å². The third-order valence-corrected chi connectivity index (χ3v) is 11.0. The second-order valence-corrected chi connectivity index (χ2v) is 15.7. The Morgan fingerprint density at radius 1 is 0.352 bits per heavy atom. The molecule has 6 aromatic rings. The second-order valence-electron chi connectivity index (χ2n) is 15.7. The van der Waals surface area contributed by atoms with Crippen LogP contribution in [0.3, 0.4) is 0 Å². The van der Waals surface area contributed by atoms with Crippen molar-refractivity contribution in [1.29, 1.82) is 0 Å². The van der Waals surface area contributed by atoms with Gasteiger partial charge in [-0.25, -0.2) is 0 Å². The highest BCUT2D eigenvalue weighted by Crippen LogP contribution is 2.44. The number of hydrogen-bond donors (Lipinski definition) is 0. The highest BCUT2D eigenvalue weighted by Gasteiger charge is 2.21. The molecule has 0 aromatic heterocycles. The second kappa shape index (κ2) is 16.9. The Morgan fingerprint density at radius 3 is 0.963 bits per heavy atom. The highest BCUT2D eigenvalue weighted by atomic mass is 15.2. The van der Waals surface area contributed by atoms with Gasteiger partial charge in [-0.15, -0.1) is 0 Å². The Balaban J connectivity index is 1.41. The first-order valence-corrected chi connectivity index (χ1v) is 20.1. The van der Waals surface area contributed by atoms with Crippen molar-refractivity contribution in [3.63, 3.8) is 0 Å². The molecule has 0 heterocycles. The normalized spacial score (nSPS) is 11.2. The number of unbranched alkanes of at least 4 members (excludes halogenated alkanes) is 2. The van der Waals surface area contributed by atoms with E-state index in [0.717, 1.165) is 12.8 Å². The van der Waals surface area contributed by atoms with Crippen LogP contribution in [0.1, 0.15) is 95.2 Å². The molecule has 2 heteroatoms. The van der Waals surface area contributed by atoms with Gasteiger partial charge in [-0.1, -0.05) is 98.5 Å². The van der Waals surface area contributed by atoms with Crippen LogP contribution in [-0.4, -0.2) is 0 Å². The third-order valence-electron chi connectivity index (χ3n) is 11.0. The maximum Gasteiger partial charge on any atom is 0.0520 e. The smallest absolute Gasteiger partial charge is 0.0520 e. The van der Waals surface area contributed by atoms with E-state index in [9.17, 15) is 0 Å². The number of hydrogen-bond acceptors (Lipinski definition) is 2. The maximum atomic E-state index is 2.46. The zero-order valence-corrected chi connectivity index (χ0v) is 34.5. The molecule has 0 saturated carbocycles. The molecule has 6 aromatic carbocycles. The fourth-order valence-corrected chi connectivity index (χ4v) is 8.23. The summed E-state index contributed by atoms with van der Waals surface area (Å²) in [6.07, 6.45) is 7.11. The fourth-order valence-electron chi connectivity index (χ4n) is 8.23. The zero-order valence-electron chi connectivity index (χ0n) is 34.5. The van der Waals surface area contributed by atoms with E-state index in [-0.39, 0.29) is 0 Å². The molecule has 0 saturated heterocycles. The fraction of sp³-hybridized carbons (Fsp3) is 0.308. The average molecular weight is 713 g/mol. The van der Waals surface area contributed by atoms with E-state index in [0.29, 0.717) is 0 Å². The van der Waals surface area contributed by atoms with Crippen molar-refractivity contribution in [3.8, 4) is 11.1 Å². The summed E-state index contributed by atoms with van der Waals surface area (Å²) in [6, 6.07) is 41.5. The summed E-state index contributed by atoms with van der Waals surface area (Å²) in [6.45, 7) is 22.5. The average Bonchev–Trinajstić information content (AvgIpc) is 3.14. The standard InChI is InChI=1S/C52H60N2/c1-11-13-15-43-29-39(7)51(40(8)30-43)53(45-21-17-35(3)18-22-45)47-25-27-49(37(5)33-47)50-28-26-48(34-38(50)6)54(46-23-19-36(4)20-24-46)52-41(9)31-44(16-14-12-2)32-42(52)10/h17-34H,11-16H2,1-10H3. The van der Waals surface area contributed by atoms with Gasteiger partial charge in [0.05, 0.1) is 11.4 Å². The van der Waals surface area contributed by atoms with Crippen molar-refractivity contribution in [3.05, 3.63) is 165 Å². The molecular formula is C52H60N2. The predicted octanol–water partition coefficient (Wildman–Crippen LogP) is 15.4. The van der Waals surface area contributed by atoms with E-state index in [1.807, 2.05) is 0 Å². The lowest BCUT2D eigenvalue weighted by atomic mass is 9.94. The lowest BCUT2D eigenvalue weighted by molar-refractivity contribution is 0.794. The Bertz CT molecular complexity index is 2020. The molecule has 0 bridgehead atoms. The summed E-state index contributed by atoms with van der Waals surface area (Å²) in [5.41, 5.74) is 23.0. The number of nitrogens with zero attached hydrogens (tertiary/aromatic N) is 2. The molecule has 2 nitrogen and oxygen atoms in total. The molecule has 0 aliphatic carbocycles. The van der Waals surface area contributed by atoms with Crippen molar-refractivity contribution < 1.29 is 0 Å². The topological polar surface area (TPSA) is 6.48 Å². The number of benzene rings is 6. The molecule has 0 radical (unpaired) electrons.